The fourth-order valence-electron chi connectivity index (χ4n) is 3.76. The molecule has 2 aromatic heterocycles. The van der Waals surface area contributed by atoms with Crippen molar-refractivity contribution in [3.8, 4) is 5.75 Å². The zero-order chi connectivity index (χ0) is 19.0. The molecule has 1 aromatic carbocycles. The molecule has 1 saturated carbocycles. The van der Waals surface area contributed by atoms with Crippen molar-refractivity contribution in [3.63, 3.8) is 0 Å². The molecule has 1 aliphatic carbocycles. The highest BCUT2D eigenvalue weighted by Gasteiger charge is 2.44. The summed E-state index contributed by atoms with van der Waals surface area (Å²) in [6.45, 7) is 5.88. The Hall–Kier alpha value is -2.77. The molecule has 7 nitrogen and oxygen atoms in total. The van der Waals surface area contributed by atoms with Gasteiger partial charge in [0.2, 0.25) is 0 Å². The van der Waals surface area contributed by atoms with Crippen LogP contribution in [0.25, 0.3) is 11.0 Å². The van der Waals surface area contributed by atoms with Gasteiger partial charge in [-0.05, 0) is 25.8 Å². The molecule has 0 aliphatic heterocycles. The smallest absolute Gasteiger partial charge is 0.143 e. The molecule has 0 bridgehead atoms. The molecule has 4 rings (SSSR count). The summed E-state index contributed by atoms with van der Waals surface area (Å²) >= 11 is 0. The van der Waals surface area contributed by atoms with Crippen LogP contribution in [0.3, 0.4) is 0 Å². The van der Waals surface area contributed by atoms with Crippen LogP contribution in [0, 0.1) is 6.92 Å². The molecular formula is C20H22N4O3. The van der Waals surface area contributed by atoms with Crippen molar-refractivity contribution in [2.24, 2.45) is 4.99 Å². The molecule has 140 valence electrons. The number of hydrogen-bond acceptors (Lipinski definition) is 6. The minimum Gasteiger partial charge on any atom is -0.487 e. The maximum atomic E-state index is 10.7. The Balaban J connectivity index is 1.61. The number of aliphatic imine (C=N–C) groups is 1. The Morgan fingerprint density at radius 3 is 2.85 bits per heavy atom. The number of aromatic nitrogens is 3. The SMILES string of the molecule is C=NCc1ccccc1O[C@@H]1CC(n2ccc3c(C)ncnc32)C(O)C1O. The summed E-state index contributed by atoms with van der Waals surface area (Å²) in [7, 11) is 0. The first-order chi connectivity index (χ1) is 13.1. The highest BCUT2D eigenvalue weighted by atomic mass is 16.5. The third-order valence-corrected chi connectivity index (χ3v) is 5.20. The van der Waals surface area contributed by atoms with Crippen molar-refractivity contribution in [2.75, 3.05) is 0 Å². The maximum Gasteiger partial charge on any atom is 0.143 e. The first kappa shape index (κ1) is 17.6. The van der Waals surface area contributed by atoms with Crippen LogP contribution in [-0.2, 0) is 6.54 Å². The lowest BCUT2D eigenvalue weighted by Gasteiger charge is -2.19. The van der Waals surface area contributed by atoms with Gasteiger partial charge >= 0.3 is 0 Å². The number of aliphatic hydroxyl groups excluding tert-OH is 2. The lowest BCUT2D eigenvalue weighted by Crippen LogP contribution is -2.34. The molecule has 2 N–H and O–H groups in total. The molecule has 7 heteroatoms. The Kier molecular flexibility index (Phi) is 4.63. The van der Waals surface area contributed by atoms with Crippen LogP contribution in [0.15, 0.2) is 47.8 Å². The van der Waals surface area contributed by atoms with Crippen molar-refractivity contribution in [3.05, 3.63) is 54.1 Å². The number of aryl methyl sites for hydroxylation is 1. The number of benzene rings is 1. The summed E-state index contributed by atoms with van der Waals surface area (Å²) in [5.41, 5.74) is 2.52. The van der Waals surface area contributed by atoms with Gasteiger partial charge in [-0.1, -0.05) is 18.2 Å². The van der Waals surface area contributed by atoms with Crippen molar-refractivity contribution in [2.45, 2.75) is 44.2 Å². The van der Waals surface area contributed by atoms with Crippen molar-refractivity contribution >= 4 is 17.8 Å². The minimum atomic E-state index is -1.000. The van der Waals surface area contributed by atoms with E-state index in [-0.39, 0.29) is 6.04 Å². The van der Waals surface area contributed by atoms with Crippen LogP contribution < -0.4 is 4.74 Å². The summed E-state index contributed by atoms with van der Waals surface area (Å²) in [5.74, 6) is 0.650. The van der Waals surface area contributed by atoms with Crippen molar-refractivity contribution in [1.82, 2.24) is 14.5 Å². The summed E-state index contributed by atoms with van der Waals surface area (Å²) in [4.78, 5) is 12.5. The van der Waals surface area contributed by atoms with Gasteiger partial charge in [-0.2, -0.15) is 0 Å². The molecule has 3 unspecified atom stereocenters. The van der Waals surface area contributed by atoms with Crippen molar-refractivity contribution < 1.29 is 14.9 Å². The van der Waals surface area contributed by atoms with Crippen molar-refractivity contribution in [1.29, 1.82) is 0 Å². The van der Waals surface area contributed by atoms with Gasteiger partial charge in [0.05, 0.1) is 18.3 Å². The van der Waals surface area contributed by atoms with E-state index in [0.717, 1.165) is 22.3 Å². The zero-order valence-corrected chi connectivity index (χ0v) is 15.1. The van der Waals surface area contributed by atoms with Crippen LogP contribution in [0.1, 0.15) is 23.7 Å². The Morgan fingerprint density at radius 1 is 1.22 bits per heavy atom. The summed E-state index contributed by atoms with van der Waals surface area (Å²) in [6, 6.07) is 9.14. The Bertz CT molecular complexity index is 971. The standard InChI is InChI=1S/C20H22N4O3/c1-12-14-7-8-24(20(14)23-11-22-12)15-9-17(19(26)18(15)25)27-16-6-4-3-5-13(16)10-21-2/h3-8,11,15,17-19,25-26H,2,9-10H2,1H3/t15?,17-,18?,19?/m1/s1. The molecule has 0 spiro atoms. The fourth-order valence-corrected chi connectivity index (χ4v) is 3.76. The van der Waals surface area contributed by atoms with Crippen LogP contribution in [0.4, 0.5) is 0 Å². The molecule has 4 atom stereocenters. The van der Waals surface area contributed by atoms with Crippen LogP contribution in [-0.4, -0.2) is 49.8 Å². The lowest BCUT2D eigenvalue weighted by molar-refractivity contribution is -0.0165. The minimum absolute atomic E-state index is 0.332. The number of para-hydroxylation sites is 1. The summed E-state index contributed by atoms with van der Waals surface area (Å²) in [6.07, 6.45) is 1.37. The number of fused-ring (bicyclic) bond motifs is 1. The number of aliphatic hydroxyl groups is 2. The molecular weight excluding hydrogens is 344 g/mol. The summed E-state index contributed by atoms with van der Waals surface area (Å²) in [5, 5.41) is 22.2. The molecule has 1 fully saturated rings. The van der Waals surface area contributed by atoms with Crippen LogP contribution >= 0.6 is 0 Å². The van der Waals surface area contributed by atoms with E-state index in [0.29, 0.717) is 18.7 Å². The Labute approximate surface area is 157 Å². The normalized spacial score (nSPS) is 25.0. The predicted molar refractivity (Wildman–Crippen MR) is 102 cm³/mol. The third-order valence-electron chi connectivity index (χ3n) is 5.20. The molecule has 0 amide bonds. The maximum absolute atomic E-state index is 10.7. The number of nitrogens with zero attached hydrogens (tertiary/aromatic N) is 4. The number of rotatable bonds is 5. The third kappa shape index (κ3) is 3.09. The van der Waals surface area contributed by atoms with Gasteiger partial charge in [0.25, 0.3) is 0 Å². The highest BCUT2D eigenvalue weighted by Crippen LogP contribution is 2.36. The molecule has 1 aliphatic rings. The van der Waals surface area contributed by atoms with Crippen LogP contribution in [0.2, 0.25) is 0 Å². The molecule has 3 aromatic rings. The average molecular weight is 366 g/mol. The molecule has 2 heterocycles. The average Bonchev–Trinajstić information content (AvgIpc) is 3.21. The first-order valence-electron chi connectivity index (χ1n) is 8.91. The van der Waals surface area contributed by atoms with Gasteiger partial charge in [0, 0.05) is 23.6 Å². The number of ether oxygens (including phenoxy) is 1. The predicted octanol–water partition coefficient (Wildman–Crippen LogP) is 2.05. The van der Waals surface area contributed by atoms with Gasteiger partial charge in [0.1, 0.15) is 36.0 Å². The second-order valence-corrected chi connectivity index (χ2v) is 6.85. The van der Waals surface area contributed by atoms with E-state index in [4.69, 9.17) is 4.74 Å². The topological polar surface area (TPSA) is 92.8 Å². The van der Waals surface area contributed by atoms with Gasteiger partial charge < -0.3 is 19.5 Å². The van der Waals surface area contributed by atoms with E-state index in [1.165, 1.54) is 6.33 Å². The van der Waals surface area contributed by atoms with E-state index in [1.54, 1.807) is 0 Å². The molecule has 0 saturated heterocycles. The summed E-state index contributed by atoms with van der Waals surface area (Å²) < 4.78 is 7.96. The second kappa shape index (κ2) is 7.09. The van der Waals surface area contributed by atoms with Gasteiger partial charge in [-0.15, -0.1) is 0 Å². The fraction of sp³-hybridized carbons (Fsp3) is 0.350. The van der Waals surface area contributed by atoms with E-state index >= 15 is 0 Å². The zero-order valence-electron chi connectivity index (χ0n) is 15.1. The lowest BCUT2D eigenvalue weighted by atomic mass is 10.2. The van der Waals surface area contributed by atoms with Crippen LogP contribution in [0.5, 0.6) is 5.75 Å². The molecule has 27 heavy (non-hydrogen) atoms. The Morgan fingerprint density at radius 2 is 2.04 bits per heavy atom. The first-order valence-corrected chi connectivity index (χ1v) is 8.91. The second-order valence-electron chi connectivity index (χ2n) is 6.85. The highest BCUT2D eigenvalue weighted by molar-refractivity contribution is 5.78. The van der Waals surface area contributed by atoms with E-state index < -0.39 is 18.3 Å². The molecule has 0 radical (unpaired) electrons. The quantitative estimate of drug-likeness (QED) is 0.674. The van der Waals surface area contributed by atoms with Gasteiger partial charge in [0.15, 0.2) is 0 Å². The largest absolute Gasteiger partial charge is 0.487 e. The van der Waals surface area contributed by atoms with Gasteiger partial charge in [-0.3, -0.25) is 4.99 Å². The number of hydrogen-bond donors (Lipinski definition) is 2. The van der Waals surface area contributed by atoms with E-state index in [2.05, 4.69) is 21.7 Å². The van der Waals surface area contributed by atoms with E-state index in [1.807, 2.05) is 48.0 Å². The van der Waals surface area contributed by atoms with E-state index in [9.17, 15) is 10.2 Å². The van der Waals surface area contributed by atoms with Gasteiger partial charge in [-0.25, -0.2) is 9.97 Å². The monoisotopic (exact) mass is 366 g/mol.